The van der Waals surface area contributed by atoms with E-state index in [0.29, 0.717) is 17.5 Å². The van der Waals surface area contributed by atoms with Crippen LogP contribution in [0.4, 0.5) is 0 Å². The fourth-order valence-electron chi connectivity index (χ4n) is 1.85. The largest absolute Gasteiger partial charge is 0.480 e. The van der Waals surface area contributed by atoms with Gasteiger partial charge in [-0.05, 0) is 24.1 Å². The number of benzene rings is 1. The number of hydrogen-bond acceptors (Lipinski definition) is 4. The number of nitrogens with one attached hydrogen (secondary N) is 1. The molecule has 6 nitrogen and oxygen atoms in total. The van der Waals surface area contributed by atoms with E-state index < -0.39 is 22.0 Å². The number of rotatable bonds is 8. The third-order valence-electron chi connectivity index (χ3n) is 2.88. The van der Waals surface area contributed by atoms with Gasteiger partial charge in [-0.25, -0.2) is 13.1 Å². The quantitative estimate of drug-likeness (QED) is 0.758. The molecule has 0 saturated heterocycles. The summed E-state index contributed by atoms with van der Waals surface area (Å²) in [5, 5.41) is 17.8. The van der Waals surface area contributed by atoms with Crippen LogP contribution in [0, 0.1) is 11.3 Å². The zero-order chi connectivity index (χ0) is 15.9. The van der Waals surface area contributed by atoms with Crippen LogP contribution in [0.2, 0.25) is 0 Å². The van der Waals surface area contributed by atoms with Crippen LogP contribution in [0.3, 0.4) is 0 Å². The minimum Gasteiger partial charge on any atom is -0.480 e. The zero-order valence-electron chi connectivity index (χ0n) is 11.7. The van der Waals surface area contributed by atoms with Gasteiger partial charge in [-0.3, -0.25) is 4.79 Å². The summed E-state index contributed by atoms with van der Waals surface area (Å²) in [6.07, 6.45) is 1.67. The second-order valence-electron chi connectivity index (χ2n) is 4.72. The molecule has 1 aromatic carbocycles. The molecule has 21 heavy (non-hydrogen) atoms. The van der Waals surface area contributed by atoms with E-state index in [4.69, 9.17) is 10.4 Å². The second kappa shape index (κ2) is 7.76. The molecule has 0 radical (unpaired) electrons. The average molecular weight is 310 g/mol. The molecule has 0 heterocycles. The molecule has 7 heteroatoms. The Bertz CT molecular complexity index is 635. The molecular weight excluding hydrogens is 292 g/mol. The summed E-state index contributed by atoms with van der Waals surface area (Å²) >= 11 is 0. The molecule has 0 amide bonds. The fraction of sp³-hybridized carbons (Fsp3) is 0.429. The van der Waals surface area contributed by atoms with Crippen LogP contribution in [0.5, 0.6) is 0 Å². The predicted molar refractivity (Wildman–Crippen MR) is 77.9 cm³/mol. The molecule has 0 unspecified atom stereocenters. The predicted octanol–water partition coefficient (Wildman–Crippen LogP) is 1.62. The molecule has 0 spiro atoms. The van der Waals surface area contributed by atoms with Crippen molar-refractivity contribution in [2.24, 2.45) is 0 Å². The molecule has 0 aromatic heterocycles. The first-order valence-electron chi connectivity index (χ1n) is 6.60. The Labute approximate surface area is 124 Å². The van der Waals surface area contributed by atoms with E-state index in [2.05, 4.69) is 4.72 Å². The summed E-state index contributed by atoms with van der Waals surface area (Å²) in [6, 6.07) is 7.04. The third-order valence-corrected chi connectivity index (χ3v) is 4.24. The van der Waals surface area contributed by atoms with Gasteiger partial charge >= 0.3 is 5.97 Å². The maximum atomic E-state index is 12.0. The molecule has 0 bridgehead atoms. The van der Waals surface area contributed by atoms with Crippen LogP contribution in [0.1, 0.15) is 37.3 Å². The van der Waals surface area contributed by atoms with Crippen LogP contribution in [0.15, 0.2) is 24.3 Å². The Morgan fingerprint density at radius 2 is 2.19 bits per heavy atom. The highest BCUT2D eigenvalue weighted by Gasteiger charge is 2.23. The number of hydrogen-bond donors (Lipinski definition) is 2. The summed E-state index contributed by atoms with van der Waals surface area (Å²) in [7, 11) is -3.77. The van der Waals surface area contributed by atoms with Crippen molar-refractivity contribution in [1.29, 1.82) is 5.26 Å². The van der Waals surface area contributed by atoms with E-state index in [1.165, 1.54) is 6.07 Å². The lowest BCUT2D eigenvalue weighted by Crippen LogP contribution is -2.41. The van der Waals surface area contributed by atoms with Crippen molar-refractivity contribution >= 4 is 16.0 Å². The van der Waals surface area contributed by atoms with Crippen LogP contribution in [0.25, 0.3) is 0 Å². The van der Waals surface area contributed by atoms with E-state index in [0.717, 1.165) is 6.42 Å². The molecule has 1 atom stereocenters. The highest BCUT2D eigenvalue weighted by Crippen LogP contribution is 2.10. The van der Waals surface area contributed by atoms with Gasteiger partial charge in [0.15, 0.2) is 0 Å². The molecule has 1 rings (SSSR count). The van der Waals surface area contributed by atoms with E-state index in [1.807, 2.05) is 13.0 Å². The minimum atomic E-state index is -3.77. The number of nitriles is 1. The standard InChI is InChI=1S/C14H18N2O4S/c1-2-3-7-13(14(17)18)16-21(19,20)10-12-6-4-5-11(8-12)9-15/h4-6,8,13,16H,2-3,7,10H2,1H3,(H,17,18)/t13-/m0/s1. The minimum absolute atomic E-state index is 0.253. The highest BCUT2D eigenvalue weighted by molar-refractivity contribution is 7.88. The summed E-state index contributed by atoms with van der Waals surface area (Å²) < 4.78 is 26.2. The smallest absolute Gasteiger partial charge is 0.321 e. The Morgan fingerprint density at radius 1 is 1.48 bits per heavy atom. The topological polar surface area (TPSA) is 107 Å². The molecule has 114 valence electrons. The normalized spacial score (nSPS) is 12.6. The Balaban J connectivity index is 2.80. The van der Waals surface area contributed by atoms with Crippen molar-refractivity contribution in [1.82, 2.24) is 4.72 Å². The molecule has 0 saturated carbocycles. The fourth-order valence-corrected chi connectivity index (χ4v) is 3.20. The lowest BCUT2D eigenvalue weighted by molar-refractivity contribution is -0.139. The monoisotopic (exact) mass is 310 g/mol. The van der Waals surface area contributed by atoms with Crippen molar-refractivity contribution in [3.8, 4) is 6.07 Å². The highest BCUT2D eigenvalue weighted by atomic mass is 32.2. The molecule has 1 aromatic rings. The first-order valence-corrected chi connectivity index (χ1v) is 8.25. The number of aliphatic carboxylic acids is 1. The van der Waals surface area contributed by atoms with Gasteiger partial charge in [0.2, 0.25) is 10.0 Å². The van der Waals surface area contributed by atoms with Crippen molar-refractivity contribution in [3.05, 3.63) is 35.4 Å². The lowest BCUT2D eigenvalue weighted by Gasteiger charge is -2.14. The van der Waals surface area contributed by atoms with Gasteiger partial charge in [0, 0.05) is 0 Å². The first-order chi connectivity index (χ1) is 9.88. The molecule has 0 aliphatic carbocycles. The Hall–Kier alpha value is -1.91. The van der Waals surface area contributed by atoms with Gasteiger partial charge in [0.1, 0.15) is 6.04 Å². The van der Waals surface area contributed by atoms with Crippen LogP contribution < -0.4 is 4.72 Å². The maximum Gasteiger partial charge on any atom is 0.321 e. The first kappa shape index (κ1) is 17.1. The summed E-state index contributed by atoms with van der Waals surface area (Å²) in [4.78, 5) is 11.1. The second-order valence-corrected chi connectivity index (χ2v) is 6.48. The molecule has 2 N–H and O–H groups in total. The molecule has 0 aliphatic rings. The van der Waals surface area contributed by atoms with Crippen molar-refractivity contribution in [2.45, 2.75) is 38.0 Å². The van der Waals surface area contributed by atoms with Crippen LogP contribution in [-0.2, 0) is 20.6 Å². The van der Waals surface area contributed by atoms with E-state index in [9.17, 15) is 13.2 Å². The summed E-state index contributed by atoms with van der Waals surface area (Å²) in [5.41, 5.74) is 0.810. The summed E-state index contributed by atoms with van der Waals surface area (Å²) in [5.74, 6) is -1.53. The van der Waals surface area contributed by atoms with Gasteiger partial charge in [0.05, 0.1) is 17.4 Å². The number of carboxylic acid groups (broad SMARTS) is 1. The SMILES string of the molecule is CCCC[C@H](NS(=O)(=O)Cc1cccc(C#N)c1)C(=O)O. The Morgan fingerprint density at radius 3 is 2.76 bits per heavy atom. The number of carbonyl (C=O) groups is 1. The van der Waals surface area contributed by atoms with Gasteiger partial charge in [0.25, 0.3) is 0 Å². The third kappa shape index (κ3) is 5.94. The zero-order valence-corrected chi connectivity index (χ0v) is 12.6. The average Bonchev–Trinajstić information content (AvgIpc) is 2.42. The maximum absolute atomic E-state index is 12.0. The number of unbranched alkanes of at least 4 members (excludes halogenated alkanes) is 1. The van der Waals surface area contributed by atoms with Crippen molar-refractivity contribution in [3.63, 3.8) is 0 Å². The summed E-state index contributed by atoms with van der Waals surface area (Å²) in [6.45, 7) is 1.90. The van der Waals surface area contributed by atoms with E-state index in [1.54, 1.807) is 18.2 Å². The number of nitrogens with zero attached hydrogens (tertiary/aromatic N) is 1. The van der Waals surface area contributed by atoms with Gasteiger partial charge in [-0.15, -0.1) is 0 Å². The van der Waals surface area contributed by atoms with Crippen LogP contribution in [-0.4, -0.2) is 25.5 Å². The van der Waals surface area contributed by atoms with Crippen molar-refractivity contribution < 1.29 is 18.3 Å². The Kier molecular flexibility index (Phi) is 6.34. The van der Waals surface area contributed by atoms with Crippen molar-refractivity contribution in [2.75, 3.05) is 0 Å². The number of carboxylic acids is 1. The number of sulfonamides is 1. The van der Waals surface area contributed by atoms with Gasteiger partial charge in [-0.2, -0.15) is 5.26 Å². The van der Waals surface area contributed by atoms with E-state index >= 15 is 0 Å². The molecule has 0 fully saturated rings. The van der Waals surface area contributed by atoms with E-state index in [-0.39, 0.29) is 12.2 Å². The van der Waals surface area contributed by atoms with Gasteiger partial charge in [-0.1, -0.05) is 31.9 Å². The lowest BCUT2D eigenvalue weighted by atomic mass is 10.1. The molecule has 0 aliphatic heterocycles. The van der Waals surface area contributed by atoms with Gasteiger partial charge < -0.3 is 5.11 Å². The van der Waals surface area contributed by atoms with Crippen LogP contribution >= 0.6 is 0 Å². The molecular formula is C14H18N2O4S.